The molecule has 0 spiro atoms. The SMILES string of the molecule is O=C(Cc1csc(-c2ccc(C(F)(F)F)cc2)n1)Nc1ccc2oc(=O)ccc2c1. The van der Waals surface area contributed by atoms with E-state index in [1.807, 2.05) is 0 Å². The van der Waals surface area contributed by atoms with Crippen LogP contribution in [-0.4, -0.2) is 10.9 Å². The van der Waals surface area contributed by atoms with Gasteiger partial charge in [0.05, 0.1) is 17.7 Å². The summed E-state index contributed by atoms with van der Waals surface area (Å²) >= 11 is 1.25. The lowest BCUT2D eigenvalue weighted by atomic mass is 10.1. The van der Waals surface area contributed by atoms with Gasteiger partial charge in [0.15, 0.2) is 0 Å². The summed E-state index contributed by atoms with van der Waals surface area (Å²) in [7, 11) is 0. The number of alkyl halides is 3. The van der Waals surface area contributed by atoms with Gasteiger partial charge in [-0.25, -0.2) is 9.78 Å². The topological polar surface area (TPSA) is 72.2 Å². The smallest absolute Gasteiger partial charge is 0.416 e. The minimum Gasteiger partial charge on any atom is -0.423 e. The van der Waals surface area contributed by atoms with Crippen LogP contribution in [-0.2, 0) is 17.4 Å². The number of fused-ring (bicyclic) bond motifs is 1. The van der Waals surface area contributed by atoms with E-state index in [1.165, 1.54) is 29.5 Å². The van der Waals surface area contributed by atoms with Gasteiger partial charge in [-0.3, -0.25) is 4.79 Å². The second kappa shape index (κ2) is 7.75. The van der Waals surface area contributed by atoms with Gasteiger partial charge < -0.3 is 9.73 Å². The Labute approximate surface area is 171 Å². The van der Waals surface area contributed by atoms with E-state index >= 15 is 0 Å². The number of carbonyl (C=O) groups excluding carboxylic acids is 1. The molecule has 4 aromatic rings. The minimum atomic E-state index is -4.39. The van der Waals surface area contributed by atoms with Crippen LogP contribution in [0.5, 0.6) is 0 Å². The van der Waals surface area contributed by atoms with E-state index in [4.69, 9.17) is 4.42 Å². The molecule has 4 rings (SSSR count). The molecule has 1 N–H and O–H groups in total. The normalized spacial score (nSPS) is 11.6. The number of amides is 1. The fourth-order valence-electron chi connectivity index (χ4n) is 2.84. The van der Waals surface area contributed by atoms with E-state index in [2.05, 4.69) is 10.3 Å². The van der Waals surface area contributed by atoms with Gasteiger partial charge in [-0.15, -0.1) is 11.3 Å². The highest BCUT2D eigenvalue weighted by molar-refractivity contribution is 7.13. The Morgan fingerprint density at radius 3 is 2.57 bits per heavy atom. The maximum absolute atomic E-state index is 12.7. The van der Waals surface area contributed by atoms with Gasteiger partial charge in [-0.1, -0.05) is 12.1 Å². The van der Waals surface area contributed by atoms with Crippen molar-refractivity contribution in [2.45, 2.75) is 12.6 Å². The summed E-state index contributed by atoms with van der Waals surface area (Å²) in [5.41, 5.74) is 0.847. The van der Waals surface area contributed by atoms with Crippen LogP contribution in [0.4, 0.5) is 18.9 Å². The molecule has 30 heavy (non-hydrogen) atoms. The first-order chi connectivity index (χ1) is 14.3. The summed E-state index contributed by atoms with van der Waals surface area (Å²) in [5.74, 6) is -0.295. The Morgan fingerprint density at radius 1 is 1.07 bits per heavy atom. The van der Waals surface area contributed by atoms with E-state index in [0.717, 1.165) is 12.1 Å². The molecule has 0 fully saturated rings. The van der Waals surface area contributed by atoms with Crippen LogP contribution >= 0.6 is 11.3 Å². The van der Waals surface area contributed by atoms with Gasteiger partial charge in [-0.05, 0) is 36.4 Å². The third-order valence-electron chi connectivity index (χ3n) is 4.26. The number of hydrogen-bond donors (Lipinski definition) is 1. The number of rotatable bonds is 4. The molecule has 5 nitrogen and oxygen atoms in total. The molecule has 2 heterocycles. The van der Waals surface area contributed by atoms with Crippen LogP contribution in [0, 0.1) is 0 Å². The van der Waals surface area contributed by atoms with Gasteiger partial charge in [0.25, 0.3) is 0 Å². The first kappa shape index (κ1) is 19.8. The number of carbonyl (C=O) groups is 1. The van der Waals surface area contributed by atoms with Crippen LogP contribution in [0.2, 0.25) is 0 Å². The number of nitrogens with one attached hydrogen (secondary N) is 1. The Morgan fingerprint density at radius 2 is 1.83 bits per heavy atom. The Hall–Kier alpha value is -3.46. The summed E-state index contributed by atoms with van der Waals surface area (Å²) in [6, 6.07) is 12.5. The Bertz CT molecular complexity index is 1280. The second-order valence-corrected chi connectivity index (χ2v) is 7.31. The molecule has 152 valence electrons. The molecule has 0 aliphatic rings. The standard InChI is InChI=1S/C21H13F3N2O3S/c22-21(23,24)14-4-1-12(2-5-14)20-26-16(11-30-20)10-18(27)25-15-6-7-17-13(9-15)3-8-19(28)29-17/h1-9,11H,10H2,(H,25,27). The first-order valence-electron chi connectivity index (χ1n) is 8.74. The molecule has 1 amide bonds. The summed E-state index contributed by atoms with van der Waals surface area (Å²) in [5, 5.41) is 5.65. The number of thiazole rings is 1. The largest absolute Gasteiger partial charge is 0.423 e. The quantitative estimate of drug-likeness (QED) is 0.457. The average molecular weight is 430 g/mol. The number of benzene rings is 2. The Kier molecular flexibility index (Phi) is 5.13. The number of nitrogens with zero attached hydrogens (tertiary/aromatic N) is 1. The number of halogens is 3. The van der Waals surface area contributed by atoms with Gasteiger partial charge >= 0.3 is 11.8 Å². The van der Waals surface area contributed by atoms with Gasteiger partial charge in [0, 0.05) is 28.1 Å². The molecule has 0 bridgehead atoms. The van der Waals surface area contributed by atoms with E-state index < -0.39 is 17.4 Å². The molecular formula is C21H13F3N2O3S. The van der Waals surface area contributed by atoms with Crippen molar-refractivity contribution in [3.8, 4) is 10.6 Å². The Balaban J connectivity index is 1.44. The lowest BCUT2D eigenvalue weighted by Gasteiger charge is -2.06. The highest BCUT2D eigenvalue weighted by Gasteiger charge is 2.30. The summed E-state index contributed by atoms with van der Waals surface area (Å²) in [6.07, 6.45) is -4.38. The van der Waals surface area contributed by atoms with Gasteiger partial charge in [-0.2, -0.15) is 13.2 Å². The fraction of sp³-hybridized carbons (Fsp3) is 0.0952. The number of anilines is 1. The second-order valence-electron chi connectivity index (χ2n) is 6.45. The third-order valence-corrected chi connectivity index (χ3v) is 5.20. The summed E-state index contributed by atoms with van der Waals surface area (Å²) < 4.78 is 43.1. The van der Waals surface area contributed by atoms with Crippen molar-refractivity contribution in [1.29, 1.82) is 0 Å². The summed E-state index contributed by atoms with van der Waals surface area (Å²) in [6.45, 7) is 0. The van der Waals surface area contributed by atoms with Crippen LogP contribution in [0.15, 0.2) is 69.2 Å². The van der Waals surface area contributed by atoms with Crippen LogP contribution in [0.25, 0.3) is 21.5 Å². The molecule has 0 atom stereocenters. The molecule has 0 unspecified atom stereocenters. The molecule has 9 heteroatoms. The molecule has 0 radical (unpaired) electrons. The molecular weight excluding hydrogens is 417 g/mol. The first-order valence-corrected chi connectivity index (χ1v) is 9.62. The predicted octanol–water partition coefficient (Wildman–Crippen LogP) is 5.12. The zero-order valence-corrected chi connectivity index (χ0v) is 16.0. The van der Waals surface area contributed by atoms with Crippen LogP contribution in [0.1, 0.15) is 11.3 Å². The van der Waals surface area contributed by atoms with Crippen molar-refractivity contribution in [1.82, 2.24) is 4.98 Å². The number of hydrogen-bond acceptors (Lipinski definition) is 5. The minimum absolute atomic E-state index is 0.0129. The van der Waals surface area contributed by atoms with Crippen molar-refractivity contribution in [2.75, 3.05) is 5.32 Å². The van der Waals surface area contributed by atoms with E-state index in [9.17, 15) is 22.8 Å². The predicted molar refractivity (Wildman–Crippen MR) is 107 cm³/mol. The highest BCUT2D eigenvalue weighted by Crippen LogP contribution is 2.31. The molecule has 0 saturated heterocycles. The van der Waals surface area contributed by atoms with Crippen LogP contribution < -0.4 is 10.9 Å². The summed E-state index contributed by atoms with van der Waals surface area (Å²) in [4.78, 5) is 27.9. The van der Waals surface area contributed by atoms with Crippen molar-refractivity contribution in [3.63, 3.8) is 0 Å². The fourth-order valence-corrected chi connectivity index (χ4v) is 3.67. The van der Waals surface area contributed by atoms with Crippen molar-refractivity contribution in [2.24, 2.45) is 0 Å². The highest BCUT2D eigenvalue weighted by atomic mass is 32.1. The zero-order valence-electron chi connectivity index (χ0n) is 15.2. The van der Waals surface area contributed by atoms with Crippen molar-refractivity contribution >= 4 is 33.9 Å². The van der Waals surface area contributed by atoms with E-state index in [1.54, 1.807) is 29.6 Å². The van der Waals surface area contributed by atoms with Crippen molar-refractivity contribution in [3.05, 3.63) is 81.7 Å². The molecule has 0 aliphatic heterocycles. The lowest BCUT2D eigenvalue weighted by molar-refractivity contribution is -0.137. The maximum atomic E-state index is 12.7. The van der Waals surface area contributed by atoms with E-state index in [-0.39, 0.29) is 12.3 Å². The maximum Gasteiger partial charge on any atom is 0.416 e. The average Bonchev–Trinajstić information content (AvgIpc) is 3.16. The van der Waals surface area contributed by atoms with Gasteiger partial charge in [0.2, 0.25) is 5.91 Å². The monoisotopic (exact) mass is 430 g/mol. The van der Waals surface area contributed by atoms with Gasteiger partial charge in [0.1, 0.15) is 10.6 Å². The molecule has 0 aliphatic carbocycles. The molecule has 2 aromatic carbocycles. The third kappa shape index (κ3) is 4.41. The lowest BCUT2D eigenvalue weighted by Crippen LogP contribution is -2.14. The zero-order chi connectivity index (χ0) is 21.3. The van der Waals surface area contributed by atoms with Crippen molar-refractivity contribution < 1.29 is 22.4 Å². The molecule has 0 saturated carbocycles. The van der Waals surface area contributed by atoms with Crippen LogP contribution in [0.3, 0.4) is 0 Å². The molecule has 2 aromatic heterocycles. The number of aromatic nitrogens is 1. The van der Waals surface area contributed by atoms with E-state index in [0.29, 0.717) is 32.9 Å².